The van der Waals surface area contributed by atoms with Crippen LogP contribution in [0.3, 0.4) is 0 Å². The van der Waals surface area contributed by atoms with Gasteiger partial charge in [0, 0.05) is 19.7 Å². The van der Waals surface area contributed by atoms with Crippen LogP contribution in [-0.4, -0.2) is 49.2 Å². The van der Waals surface area contributed by atoms with E-state index < -0.39 is 0 Å². The molecule has 0 saturated carbocycles. The van der Waals surface area contributed by atoms with Crippen LogP contribution < -0.4 is 15.4 Å². The second-order valence-corrected chi connectivity index (χ2v) is 6.49. The molecule has 24 heavy (non-hydrogen) atoms. The lowest BCUT2D eigenvalue weighted by Gasteiger charge is -2.12. The zero-order valence-corrected chi connectivity index (χ0v) is 15.5. The summed E-state index contributed by atoms with van der Waals surface area (Å²) in [6.07, 6.45) is 0. The van der Waals surface area contributed by atoms with E-state index in [0.29, 0.717) is 29.7 Å². The highest BCUT2D eigenvalue weighted by Gasteiger charge is 2.21. The van der Waals surface area contributed by atoms with Crippen LogP contribution in [-0.2, 0) is 11.3 Å². The Morgan fingerprint density at radius 3 is 2.71 bits per heavy atom. The van der Waals surface area contributed by atoms with Gasteiger partial charge in [0.25, 0.3) is 5.91 Å². The van der Waals surface area contributed by atoms with Crippen molar-refractivity contribution in [2.75, 3.05) is 27.3 Å². The van der Waals surface area contributed by atoms with Crippen molar-refractivity contribution in [1.82, 2.24) is 20.6 Å². The average Bonchev–Trinajstić information content (AvgIpc) is 2.89. The third-order valence-electron chi connectivity index (χ3n) is 3.60. The number of methoxy groups -OCH3 is 2. The molecule has 2 rings (SSSR count). The summed E-state index contributed by atoms with van der Waals surface area (Å²) in [6.45, 7) is 7.70. The molecule has 0 unspecified atom stereocenters. The van der Waals surface area contributed by atoms with Crippen molar-refractivity contribution < 1.29 is 14.3 Å². The molecule has 132 valence electrons. The summed E-state index contributed by atoms with van der Waals surface area (Å²) >= 11 is 1.35. The minimum Gasteiger partial charge on any atom is -0.480 e. The maximum atomic E-state index is 12.5. The van der Waals surface area contributed by atoms with Crippen LogP contribution in [0.5, 0.6) is 5.88 Å². The van der Waals surface area contributed by atoms with Gasteiger partial charge in [0.2, 0.25) is 5.88 Å². The van der Waals surface area contributed by atoms with Crippen molar-refractivity contribution in [3.8, 4) is 5.88 Å². The highest BCUT2D eigenvalue weighted by Crippen LogP contribution is 2.34. The Morgan fingerprint density at radius 2 is 2.08 bits per heavy atom. The Hall–Kier alpha value is -1.77. The van der Waals surface area contributed by atoms with E-state index in [1.807, 2.05) is 20.8 Å². The maximum Gasteiger partial charge on any atom is 0.261 e. The minimum absolute atomic E-state index is 0.101. The van der Waals surface area contributed by atoms with Crippen molar-refractivity contribution in [2.24, 2.45) is 0 Å². The smallest absolute Gasteiger partial charge is 0.261 e. The molecule has 0 bridgehead atoms. The van der Waals surface area contributed by atoms with Crippen molar-refractivity contribution in [3.05, 3.63) is 16.3 Å². The second kappa shape index (κ2) is 8.36. The number of fused-ring (bicyclic) bond motifs is 1. The maximum absolute atomic E-state index is 12.5. The Morgan fingerprint density at radius 1 is 1.33 bits per heavy atom. The Balaban J connectivity index is 2.31. The number of rotatable bonds is 8. The zero-order chi connectivity index (χ0) is 17.7. The summed E-state index contributed by atoms with van der Waals surface area (Å²) in [4.78, 5) is 22.7. The van der Waals surface area contributed by atoms with Gasteiger partial charge in [-0.1, -0.05) is 6.92 Å². The number of amides is 1. The topological polar surface area (TPSA) is 85.4 Å². The van der Waals surface area contributed by atoms with E-state index in [0.717, 1.165) is 22.3 Å². The summed E-state index contributed by atoms with van der Waals surface area (Å²) in [5, 5.41) is 7.01. The summed E-state index contributed by atoms with van der Waals surface area (Å²) in [7, 11) is 3.15. The lowest BCUT2D eigenvalue weighted by Crippen LogP contribution is -2.38. The molecule has 0 radical (unpaired) electrons. The van der Waals surface area contributed by atoms with Gasteiger partial charge < -0.3 is 20.1 Å². The monoisotopic (exact) mass is 352 g/mol. The molecule has 0 aliphatic rings. The fraction of sp³-hybridized carbons (Fsp3) is 0.562. The molecule has 0 saturated heterocycles. The number of carbonyl (C=O) groups is 1. The van der Waals surface area contributed by atoms with Crippen LogP contribution >= 0.6 is 11.3 Å². The van der Waals surface area contributed by atoms with Gasteiger partial charge in [-0.2, -0.15) is 4.98 Å². The molecule has 2 heterocycles. The number of ether oxygens (including phenoxy) is 2. The van der Waals surface area contributed by atoms with Gasteiger partial charge >= 0.3 is 0 Å². The van der Waals surface area contributed by atoms with Crippen molar-refractivity contribution in [1.29, 1.82) is 0 Å². The summed E-state index contributed by atoms with van der Waals surface area (Å²) in [6, 6.07) is 0.219. The molecular formula is C16H24N4O3S. The number of nitrogens with zero attached hydrogens (tertiary/aromatic N) is 2. The van der Waals surface area contributed by atoms with Gasteiger partial charge in [-0.3, -0.25) is 4.79 Å². The van der Waals surface area contributed by atoms with Gasteiger partial charge in [0.15, 0.2) is 5.82 Å². The van der Waals surface area contributed by atoms with E-state index in [1.165, 1.54) is 11.3 Å². The highest BCUT2D eigenvalue weighted by molar-refractivity contribution is 7.20. The number of hydrogen-bond donors (Lipinski definition) is 2. The number of thiophene rings is 1. The largest absolute Gasteiger partial charge is 0.480 e. The van der Waals surface area contributed by atoms with Gasteiger partial charge in [-0.25, -0.2) is 4.98 Å². The van der Waals surface area contributed by atoms with Crippen LogP contribution in [0.4, 0.5) is 0 Å². The molecule has 0 aliphatic carbocycles. The molecule has 1 amide bonds. The van der Waals surface area contributed by atoms with Crippen LogP contribution in [0.25, 0.3) is 10.2 Å². The van der Waals surface area contributed by atoms with Crippen LogP contribution in [0, 0.1) is 6.92 Å². The first-order valence-corrected chi connectivity index (χ1v) is 8.67. The highest BCUT2D eigenvalue weighted by atomic mass is 32.1. The second-order valence-electron chi connectivity index (χ2n) is 5.49. The fourth-order valence-electron chi connectivity index (χ4n) is 2.45. The molecule has 1 atom stereocenters. The van der Waals surface area contributed by atoms with Gasteiger partial charge in [0.05, 0.1) is 17.4 Å². The normalized spacial score (nSPS) is 12.4. The van der Waals surface area contributed by atoms with E-state index in [4.69, 9.17) is 9.47 Å². The van der Waals surface area contributed by atoms with E-state index >= 15 is 0 Å². The van der Waals surface area contributed by atoms with E-state index in [2.05, 4.69) is 20.6 Å². The molecule has 0 aliphatic heterocycles. The predicted molar refractivity (Wildman–Crippen MR) is 94.9 cm³/mol. The predicted octanol–water partition coefficient (Wildman–Crippen LogP) is 1.88. The van der Waals surface area contributed by atoms with E-state index in [1.54, 1.807) is 14.2 Å². The lowest BCUT2D eigenvalue weighted by atomic mass is 10.2. The molecule has 0 spiro atoms. The first kappa shape index (κ1) is 18.6. The summed E-state index contributed by atoms with van der Waals surface area (Å²) < 4.78 is 10.5. The Labute approximate surface area is 145 Å². The number of carbonyl (C=O) groups excluding carboxylic acids is 1. The van der Waals surface area contributed by atoms with Crippen molar-refractivity contribution in [2.45, 2.75) is 33.4 Å². The van der Waals surface area contributed by atoms with E-state index in [9.17, 15) is 4.79 Å². The number of likely N-dealkylation sites (N-methyl/N-ethyl adjacent to an activating group) is 1. The van der Waals surface area contributed by atoms with Crippen molar-refractivity contribution in [3.63, 3.8) is 0 Å². The Bertz CT molecular complexity index is 717. The molecule has 2 aromatic heterocycles. The SMILES string of the molecule is CCN[C@H](C)CNC(=O)c1sc2nc(COC)nc(OC)c2c1C. The molecular weight excluding hydrogens is 328 g/mol. The van der Waals surface area contributed by atoms with Gasteiger partial charge in [-0.05, 0) is 26.0 Å². The van der Waals surface area contributed by atoms with E-state index in [-0.39, 0.29) is 11.9 Å². The minimum atomic E-state index is -0.101. The number of hydrogen-bond acceptors (Lipinski definition) is 7. The summed E-state index contributed by atoms with van der Waals surface area (Å²) in [5.41, 5.74) is 0.837. The van der Waals surface area contributed by atoms with Gasteiger partial charge in [-0.15, -0.1) is 11.3 Å². The van der Waals surface area contributed by atoms with Crippen LogP contribution in [0.2, 0.25) is 0 Å². The lowest BCUT2D eigenvalue weighted by molar-refractivity contribution is 0.0954. The number of nitrogens with one attached hydrogen (secondary N) is 2. The third-order valence-corrected chi connectivity index (χ3v) is 4.78. The number of aryl methyl sites for hydroxylation is 1. The summed E-state index contributed by atoms with van der Waals surface area (Å²) in [5.74, 6) is 0.910. The third kappa shape index (κ3) is 4.00. The quantitative estimate of drug-likeness (QED) is 0.754. The van der Waals surface area contributed by atoms with Crippen LogP contribution in [0.15, 0.2) is 0 Å². The number of aromatic nitrogens is 2. The zero-order valence-electron chi connectivity index (χ0n) is 14.7. The molecule has 0 fully saturated rings. The van der Waals surface area contributed by atoms with Gasteiger partial charge in [0.1, 0.15) is 11.4 Å². The standard InChI is InChI=1S/C16H24N4O3S/c1-6-17-9(2)7-18-14(21)13-10(3)12-15(23-5)19-11(8-22-4)20-16(12)24-13/h9,17H,6-8H2,1-5H3,(H,18,21)/t9-/m1/s1. The molecule has 2 N–H and O–H groups in total. The van der Waals surface area contributed by atoms with Crippen LogP contribution in [0.1, 0.15) is 34.9 Å². The molecule has 0 aromatic carbocycles. The molecule has 8 heteroatoms. The first-order valence-electron chi connectivity index (χ1n) is 7.86. The fourth-order valence-corrected chi connectivity index (χ4v) is 3.56. The Kier molecular flexibility index (Phi) is 6.47. The molecule has 7 nitrogen and oxygen atoms in total. The average molecular weight is 352 g/mol. The first-order chi connectivity index (χ1) is 11.5. The van der Waals surface area contributed by atoms with Crippen molar-refractivity contribution >= 4 is 27.5 Å². The molecule has 2 aromatic rings.